The highest BCUT2D eigenvalue weighted by molar-refractivity contribution is 6.36. The van der Waals surface area contributed by atoms with E-state index in [2.05, 4.69) is 12.2 Å². The maximum atomic E-state index is 13.8. The molecule has 190 valence electrons. The molecule has 0 fully saturated rings. The lowest BCUT2D eigenvalue weighted by Gasteiger charge is -2.32. The second kappa shape index (κ2) is 13.9. The number of rotatable bonds is 11. The minimum Gasteiger partial charge on any atom is -0.354 e. The molecule has 0 saturated heterocycles. The van der Waals surface area contributed by atoms with Gasteiger partial charge in [0.25, 0.3) is 0 Å². The van der Waals surface area contributed by atoms with Crippen molar-refractivity contribution in [2.75, 3.05) is 6.54 Å². The summed E-state index contributed by atoms with van der Waals surface area (Å²) in [5.41, 5.74) is 2.13. The predicted octanol–water partition coefficient (Wildman–Crippen LogP) is 7.40. The number of amides is 2. The summed E-state index contributed by atoms with van der Waals surface area (Å²) in [7, 11) is 0. The molecule has 36 heavy (non-hydrogen) atoms. The van der Waals surface area contributed by atoms with Gasteiger partial charge in [0.2, 0.25) is 11.8 Å². The number of nitrogens with one attached hydrogen (secondary N) is 1. The highest BCUT2D eigenvalue weighted by Gasteiger charge is 2.31. The Balaban J connectivity index is 2.01. The van der Waals surface area contributed by atoms with Gasteiger partial charge in [-0.05, 0) is 47.4 Å². The fraction of sp³-hybridized carbons (Fsp3) is 0.286. The normalized spacial score (nSPS) is 11.7. The van der Waals surface area contributed by atoms with E-state index in [0.717, 1.165) is 18.4 Å². The molecular formula is C28H28Cl4N2O2. The van der Waals surface area contributed by atoms with E-state index < -0.39 is 6.04 Å². The average molecular weight is 566 g/mol. The van der Waals surface area contributed by atoms with Crippen LogP contribution in [0.1, 0.15) is 36.5 Å². The number of hydrogen-bond acceptors (Lipinski definition) is 2. The molecule has 0 aliphatic rings. The fourth-order valence-corrected chi connectivity index (χ4v) is 4.85. The van der Waals surface area contributed by atoms with E-state index in [9.17, 15) is 9.59 Å². The molecule has 8 heteroatoms. The van der Waals surface area contributed by atoms with Gasteiger partial charge in [0, 0.05) is 39.6 Å². The van der Waals surface area contributed by atoms with E-state index >= 15 is 0 Å². The van der Waals surface area contributed by atoms with Crippen molar-refractivity contribution in [3.63, 3.8) is 0 Å². The molecule has 1 N–H and O–H groups in total. The molecular weight excluding hydrogens is 538 g/mol. The predicted molar refractivity (Wildman–Crippen MR) is 149 cm³/mol. The summed E-state index contributed by atoms with van der Waals surface area (Å²) < 4.78 is 0. The number of hydrogen-bond donors (Lipinski definition) is 1. The summed E-state index contributed by atoms with van der Waals surface area (Å²) in [6.45, 7) is 2.70. The highest BCUT2D eigenvalue weighted by Crippen LogP contribution is 2.28. The largest absolute Gasteiger partial charge is 0.354 e. The van der Waals surface area contributed by atoms with Crippen molar-refractivity contribution >= 4 is 58.2 Å². The summed E-state index contributed by atoms with van der Waals surface area (Å²) in [6.07, 6.45) is 2.07. The highest BCUT2D eigenvalue weighted by atomic mass is 35.5. The second-order valence-corrected chi connectivity index (χ2v) is 10.1. The smallest absolute Gasteiger partial charge is 0.243 e. The lowest BCUT2D eigenvalue weighted by atomic mass is 10.0. The van der Waals surface area contributed by atoms with Gasteiger partial charge < -0.3 is 10.2 Å². The molecule has 4 nitrogen and oxygen atoms in total. The summed E-state index contributed by atoms with van der Waals surface area (Å²) in [4.78, 5) is 28.9. The van der Waals surface area contributed by atoms with Gasteiger partial charge in [-0.1, -0.05) is 102 Å². The third-order valence-electron chi connectivity index (χ3n) is 5.85. The van der Waals surface area contributed by atoms with Crippen molar-refractivity contribution < 1.29 is 9.59 Å². The zero-order valence-electron chi connectivity index (χ0n) is 19.9. The van der Waals surface area contributed by atoms with Crippen molar-refractivity contribution in [2.24, 2.45) is 0 Å². The first kappa shape index (κ1) is 28.3. The lowest BCUT2D eigenvalue weighted by Crippen LogP contribution is -2.51. The molecule has 1 unspecified atom stereocenters. The van der Waals surface area contributed by atoms with Crippen LogP contribution in [0.5, 0.6) is 0 Å². The molecule has 3 rings (SSSR count). The van der Waals surface area contributed by atoms with E-state index in [1.165, 1.54) is 0 Å². The Hall–Kier alpha value is -2.24. The van der Waals surface area contributed by atoms with Crippen LogP contribution >= 0.6 is 46.4 Å². The Bertz CT molecular complexity index is 1170. The van der Waals surface area contributed by atoms with Crippen molar-refractivity contribution in [3.05, 3.63) is 104 Å². The molecule has 0 aromatic heterocycles. The zero-order chi connectivity index (χ0) is 26.1. The Labute approximate surface area is 232 Å². The van der Waals surface area contributed by atoms with Crippen LogP contribution in [-0.2, 0) is 29.0 Å². The maximum absolute atomic E-state index is 13.8. The Morgan fingerprint density at radius 2 is 1.58 bits per heavy atom. The molecule has 0 heterocycles. The van der Waals surface area contributed by atoms with Crippen LogP contribution in [-0.4, -0.2) is 29.3 Å². The van der Waals surface area contributed by atoms with E-state index in [1.54, 1.807) is 41.3 Å². The number of carbonyl (C=O) groups is 2. The van der Waals surface area contributed by atoms with Gasteiger partial charge in [0.1, 0.15) is 6.04 Å². The minimum absolute atomic E-state index is 0.0583. The summed E-state index contributed by atoms with van der Waals surface area (Å²) in [6, 6.07) is 19.0. The summed E-state index contributed by atoms with van der Waals surface area (Å²) in [5, 5.41) is 4.69. The van der Waals surface area contributed by atoms with Crippen LogP contribution in [0.25, 0.3) is 0 Å². The lowest BCUT2D eigenvalue weighted by molar-refractivity contribution is -0.140. The van der Waals surface area contributed by atoms with Gasteiger partial charge in [-0.15, -0.1) is 0 Å². The van der Waals surface area contributed by atoms with Crippen LogP contribution in [0.2, 0.25) is 20.1 Å². The maximum Gasteiger partial charge on any atom is 0.243 e. The van der Waals surface area contributed by atoms with Crippen LogP contribution < -0.4 is 5.32 Å². The van der Waals surface area contributed by atoms with Gasteiger partial charge in [0.15, 0.2) is 0 Å². The summed E-state index contributed by atoms with van der Waals surface area (Å²) >= 11 is 25.3. The molecule has 0 spiro atoms. The van der Waals surface area contributed by atoms with Gasteiger partial charge in [-0.2, -0.15) is 0 Å². The van der Waals surface area contributed by atoms with Crippen molar-refractivity contribution in [1.29, 1.82) is 0 Å². The first-order valence-corrected chi connectivity index (χ1v) is 13.3. The third-order valence-corrected chi connectivity index (χ3v) is 7.14. The Morgan fingerprint density at radius 3 is 2.22 bits per heavy atom. The molecule has 0 radical (unpaired) electrons. The zero-order valence-corrected chi connectivity index (χ0v) is 23.0. The Kier molecular flexibility index (Phi) is 10.9. The molecule has 2 amide bonds. The van der Waals surface area contributed by atoms with Crippen molar-refractivity contribution in [2.45, 2.75) is 45.2 Å². The van der Waals surface area contributed by atoms with Crippen LogP contribution in [0, 0.1) is 0 Å². The molecule has 3 aromatic rings. The topological polar surface area (TPSA) is 49.4 Å². The SMILES string of the molecule is CCCCNC(=O)C(Cc1ccccc1)N(Cc1ccc(Cl)cc1Cl)C(=O)Cc1c(Cl)cccc1Cl. The number of benzene rings is 3. The van der Waals surface area contributed by atoms with Crippen LogP contribution in [0.15, 0.2) is 66.7 Å². The summed E-state index contributed by atoms with van der Waals surface area (Å²) in [5.74, 6) is -0.515. The molecule has 0 aliphatic carbocycles. The minimum atomic E-state index is -0.773. The third kappa shape index (κ3) is 7.88. The number of unbranched alkanes of at least 4 members (excludes halogenated alkanes) is 1. The van der Waals surface area contributed by atoms with Gasteiger partial charge in [-0.25, -0.2) is 0 Å². The fourth-order valence-electron chi connectivity index (χ4n) is 3.85. The molecule has 3 aromatic carbocycles. The van der Waals surface area contributed by atoms with E-state index in [0.29, 0.717) is 44.2 Å². The van der Waals surface area contributed by atoms with Gasteiger partial charge in [-0.3, -0.25) is 9.59 Å². The number of nitrogens with zero attached hydrogens (tertiary/aromatic N) is 1. The quantitative estimate of drug-likeness (QED) is 0.246. The number of carbonyl (C=O) groups excluding carboxylic acids is 2. The van der Waals surface area contributed by atoms with E-state index in [-0.39, 0.29) is 24.8 Å². The standard InChI is InChI=1S/C28H28Cl4N2O2/c1-2-3-14-33-28(36)26(15-19-8-5-4-6-9-19)34(18-20-12-13-21(29)16-25(20)32)27(35)17-22-23(30)10-7-11-24(22)31/h4-13,16,26H,2-3,14-15,17-18H2,1H3,(H,33,36). The van der Waals surface area contributed by atoms with Crippen LogP contribution in [0.3, 0.4) is 0 Å². The molecule has 0 bridgehead atoms. The monoisotopic (exact) mass is 564 g/mol. The first-order valence-electron chi connectivity index (χ1n) is 11.8. The molecule has 0 saturated carbocycles. The van der Waals surface area contributed by atoms with Crippen molar-refractivity contribution in [1.82, 2.24) is 10.2 Å². The van der Waals surface area contributed by atoms with Crippen molar-refractivity contribution in [3.8, 4) is 0 Å². The van der Waals surface area contributed by atoms with E-state index in [1.807, 2.05) is 30.3 Å². The van der Waals surface area contributed by atoms with Crippen LogP contribution in [0.4, 0.5) is 0 Å². The van der Waals surface area contributed by atoms with Gasteiger partial charge in [0.05, 0.1) is 6.42 Å². The number of halogens is 4. The molecule has 0 aliphatic heterocycles. The first-order chi connectivity index (χ1) is 17.3. The second-order valence-electron chi connectivity index (χ2n) is 8.48. The molecule has 1 atom stereocenters. The van der Waals surface area contributed by atoms with E-state index in [4.69, 9.17) is 46.4 Å². The average Bonchev–Trinajstić information content (AvgIpc) is 2.85. The van der Waals surface area contributed by atoms with Gasteiger partial charge >= 0.3 is 0 Å². The Morgan fingerprint density at radius 1 is 0.889 bits per heavy atom.